The number of β-amino-alcohol motifs (C(OH)–C–C–N with tert-alkyl or cyclic N) is 1. The molecule has 0 aliphatic carbocycles. The highest BCUT2D eigenvalue weighted by Crippen LogP contribution is 2.30. The average Bonchev–Trinajstić information content (AvgIpc) is 3.22. The summed E-state index contributed by atoms with van der Waals surface area (Å²) >= 11 is 0. The van der Waals surface area contributed by atoms with Crippen LogP contribution < -0.4 is 5.73 Å². The van der Waals surface area contributed by atoms with Crippen molar-refractivity contribution in [2.24, 2.45) is 0 Å². The molecule has 0 spiro atoms. The lowest BCUT2D eigenvalue weighted by atomic mass is 9.90. The fourth-order valence-corrected chi connectivity index (χ4v) is 4.14. The minimum Gasteiger partial charge on any atom is -0.478 e. The molecule has 0 bridgehead atoms. The predicted octanol–water partition coefficient (Wildman–Crippen LogP) is 2.25. The Kier molecular flexibility index (Phi) is 9.80. The second kappa shape index (κ2) is 12.3. The molecule has 3 rings (SSSR count). The van der Waals surface area contributed by atoms with Crippen molar-refractivity contribution in [3.05, 3.63) is 77.9 Å². The van der Waals surface area contributed by atoms with E-state index in [0.29, 0.717) is 31.6 Å². The molecule has 1 heterocycles. The number of aliphatic hydroxyl groups excluding tert-OH is 1. The monoisotopic (exact) mass is 487 g/mol. The first-order valence-electron chi connectivity index (χ1n) is 10.8. The van der Waals surface area contributed by atoms with Crippen LogP contribution in [-0.4, -0.2) is 70.5 Å². The fourth-order valence-electron chi connectivity index (χ4n) is 4.14. The van der Waals surface area contributed by atoms with E-state index < -0.39 is 29.7 Å². The molecule has 3 unspecified atom stereocenters. The van der Waals surface area contributed by atoms with E-state index in [2.05, 4.69) is 4.90 Å². The van der Waals surface area contributed by atoms with Crippen molar-refractivity contribution in [2.45, 2.75) is 24.5 Å². The molecular weight excluding hydrogens is 458 g/mol. The molecule has 182 valence electrons. The number of nitrogen functional groups attached to an aromatic ring is 1. The molecule has 0 saturated carbocycles. The summed E-state index contributed by atoms with van der Waals surface area (Å²) in [5.74, 6) is -3.70. The van der Waals surface area contributed by atoms with E-state index >= 15 is 0 Å². The number of aliphatic carboxylic acids is 1. The molecule has 1 fully saturated rings. The van der Waals surface area contributed by atoms with E-state index in [1.54, 1.807) is 31.3 Å². The third kappa shape index (κ3) is 6.66. The summed E-state index contributed by atoms with van der Waals surface area (Å²) in [5.41, 5.74) is 7.59. The SMILES string of the molecule is CN(C(=O)C(C(=O)/C=C/C(=O)O)c1ccccc1N)C(CN1CCC(O)C1)c1ccccc1.Cl. The van der Waals surface area contributed by atoms with Crippen LogP contribution in [-0.2, 0) is 14.4 Å². The molecule has 8 nitrogen and oxygen atoms in total. The lowest BCUT2D eigenvalue weighted by Crippen LogP contribution is -2.42. The molecule has 2 aromatic carbocycles. The third-order valence-corrected chi connectivity index (χ3v) is 5.91. The van der Waals surface area contributed by atoms with Gasteiger partial charge in [0.15, 0.2) is 5.78 Å². The molecular formula is C25H30ClN3O5. The number of ketones is 1. The molecule has 9 heteroatoms. The highest BCUT2D eigenvalue weighted by atomic mass is 35.5. The van der Waals surface area contributed by atoms with Crippen LogP contribution in [0.5, 0.6) is 0 Å². The lowest BCUT2D eigenvalue weighted by Gasteiger charge is -2.34. The number of rotatable bonds is 9. The van der Waals surface area contributed by atoms with Gasteiger partial charge in [0.1, 0.15) is 5.92 Å². The number of carbonyl (C=O) groups excluding carboxylic acids is 2. The van der Waals surface area contributed by atoms with E-state index in [4.69, 9.17) is 10.8 Å². The van der Waals surface area contributed by atoms with Crippen LogP contribution in [0.3, 0.4) is 0 Å². The number of carboxylic acids is 1. The number of aliphatic hydroxyl groups is 1. The number of carboxylic acid groups (broad SMARTS) is 1. The maximum Gasteiger partial charge on any atom is 0.328 e. The first-order chi connectivity index (χ1) is 15.8. The van der Waals surface area contributed by atoms with E-state index in [-0.39, 0.29) is 24.1 Å². The number of nitrogens with two attached hydrogens (primary N) is 1. The molecule has 1 amide bonds. The molecule has 2 aromatic rings. The Bertz CT molecular complexity index is 1030. The van der Waals surface area contributed by atoms with Crippen molar-refractivity contribution >= 4 is 35.8 Å². The normalized spacial score (nSPS) is 17.6. The number of para-hydroxylation sites is 1. The smallest absolute Gasteiger partial charge is 0.328 e. The van der Waals surface area contributed by atoms with Gasteiger partial charge in [-0.1, -0.05) is 48.5 Å². The average molecular weight is 488 g/mol. The standard InChI is InChI=1S/C25H29N3O5.ClH/c1-27(21(17-7-3-2-4-8-17)16-28-14-13-18(29)15-28)25(33)24(22(30)11-12-23(31)32)19-9-5-6-10-20(19)26;/h2-12,18,21,24,29H,13-16,26H2,1H3,(H,31,32);1H/b12-11+;. The predicted molar refractivity (Wildman–Crippen MR) is 132 cm³/mol. The number of halogens is 1. The Hall–Kier alpha value is -3.20. The lowest BCUT2D eigenvalue weighted by molar-refractivity contribution is -0.138. The summed E-state index contributed by atoms with van der Waals surface area (Å²) in [6.45, 7) is 1.71. The van der Waals surface area contributed by atoms with Crippen LogP contribution in [0.1, 0.15) is 29.5 Å². The van der Waals surface area contributed by atoms with Gasteiger partial charge in [0.25, 0.3) is 0 Å². The summed E-state index contributed by atoms with van der Waals surface area (Å²) in [7, 11) is 1.63. The Morgan fingerprint density at radius 2 is 1.76 bits per heavy atom. The molecule has 1 aliphatic rings. The first kappa shape index (κ1) is 27.0. The first-order valence-corrected chi connectivity index (χ1v) is 10.8. The van der Waals surface area contributed by atoms with E-state index in [9.17, 15) is 19.5 Å². The van der Waals surface area contributed by atoms with E-state index in [1.165, 1.54) is 4.90 Å². The van der Waals surface area contributed by atoms with Crippen LogP contribution >= 0.6 is 12.4 Å². The Morgan fingerprint density at radius 3 is 2.35 bits per heavy atom. The summed E-state index contributed by atoms with van der Waals surface area (Å²) in [5, 5.41) is 18.9. The Labute approximate surface area is 205 Å². The summed E-state index contributed by atoms with van der Waals surface area (Å²) in [6.07, 6.45) is 1.89. The maximum atomic E-state index is 13.7. The Morgan fingerprint density at radius 1 is 1.12 bits per heavy atom. The third-order valence-electron chi connectivity index (χ3n) is 5.91. The number of hydrogen-bond acceptors (Lipinski definition) is 6. The van der Waals surface area contributed by atoms with Crippen molar-refractivity contribution in [2.75, 3.05) is 32.4 Å². The number of benzene rings is 2. The highest BCUT2D eigenvalue weighted by Gasteiger charge is 2.35. The zero-order chi connectivity index (χ0) is 24.0. The largest absolute Gasteiger partial charge is 0.478 e. The maximum absolute atomic E-state index is 13.7. The van der Waals surface area contributed by atoms with Gasteiger partial charge in [-0.25, -0.2) is 4.79 Å². The summed E-state index contributed by atoms with van der Waals surface area (Å²) < 4.78 is 0. The van der Waals surface area contributed by atoms with Gasteiger partial charge in [-0.15, -0.1) is 12.4 Å². The zero-order valence-electron chi connectivity index (χ0n) is 18.9. The van der Waals surface area contributed by atoms with Gasteiger partial charge in [-0.2, -0.15) is 0 Å². The summed E-state index contributed by atoms with van der Waals surface area (Å²) in [4.78, 5) is 41.3. The second-order valence-electron chi connectivity index (χ2n) is 8.21. The zero-order valence-corrected chi connectivity index (χ0v) is 19.7. The molecule has 1 aliphatic heterocycles. The van der Waals surface area contributed by atoms with Gasteiger partial charge < -0.3 is 20.8 Å². The van der Waals surface area contributed by atoms with Crippen molar-refractivity contribution in [1.82, 2.24) is 9.80 Å². The quantitative estimate of drug-likeness (QED) is 0.281. The number of likely N-dealkylation sites (tertiary alicyclic amines) is 1. The number of hydrogen-bond donors (Lipinski definition) is 3. The van der Waals surface area contributed by atoms with Crippen molar-refractivity contribution < 1.29 is 24.6 Å². The van der Waals surface area contributed by atoms with Crippen molar-refractivity contribution in [3.63, 3.8) is 0 Å². The van der Waals surface area contributed by atoms with E-state index in [1.807, 2.05) is 30.3 Å². The van der Waals surface area contributed by atoms with Gasteiger partial charge in [-0.3, -0.25) is 14.5 Å². The number of amides is 1. The second-order valence-corrected chi connectivity index (χ2v) is 8.21. The Balaban J connectivity index is 0.00000408. The van der Waals surface area contributed by atoms with Crippen LogP contribution in [0, 0.1) is 0 Å². The van der Waals surface area contributed by atoms with Gasteiger partial charge in [-0.05, 0) is 29.7 Å². The van der Waals surface area contributed by atoms with Crippen LogP contribution in [0.15, 0.2) is 66.7 Å². The molecule has 4 N–H and O–H groups in total. The van der Waals surface area contributed by atoms with Gasteiger partial charge >= 0.3 is 5.97 Å². The molecule has 3 atom stereocenters. The minimum absolute atomic E-state index is 0. The molecule has 34 heavy (non-hydrogen) atoms. The van der Waals surface area contributed by atoms with E-state index in [0.717, 1.165) is 17.7 Å². The molecule has 0 radical (unpaired) electrons. The number of carbonyl (C=O) groups is 3. The number of allylic oxidation sites excluding steroid dienone is 1. The topological polar surface area (TPSA) is 124 Å². The van der Waals surface area contributed by atoms with Crippen LogP contribution in [0.2, 0.25) is 0 Å². The fraction of sp³-hybridized carbons (Fsp3) is 0.320. The van der Waals surface area contributed by atoms with Gasteiger partial charge in [0, 0.05) is 38.4 Å². The van der Waals surface area contributed by atoms with Gasteiger partial charge in [0.2, 0.25) is 5.91 Å². The summed E-state index contributed by atoms with van der Waals surface area (Å²) in [6, 6.07) is 15.7. The highest BCUT2D eigenvalue weighted by molar-refractivity contribution is 6.13. The van der Waals surface area contributed by atoms with Crippen LogP contribution in [0.4, 0.5) is 5.69 Å². The molecule has 1 saturated heterocycles. The molecule has 0 aromatic heterocycles. The van der Waals surface area contributed by atoms with Crippen molar-refractivity contribution in [3.8, 4) is 0 Å². The van der Waals surface area contributed by atoms with Gasteiger partial charge in [0.05, 0.1) is 12.1 Å². The number of likely N-dealkylation sites (N-methyl/N-ethyl adjacent to an activating group) is 1. The number of nitrogens with zero attached hydrogens (tertiary/aromatic N) is 2. The van der Waals surface area contributed by atoms with Crippen LogP contribution in [0.25, 0.3) is 0 Å². The number of anilines is 1. The minimum atomic E-state index is -1.28. The van der Waals surface area contributed by atoms with Crippen molar-refractivity contribution in [1.29, 1.82) is 0 Å².